The molecule has 0 unspecified atom stereocenters. The molecule has 0 aliphatic rings. The van der Waals surface area contributed by atoms with E-state index in [-0.39, 0.29) is 28.4 Å². The molecule has 0 fully saturated rings. The van der Waals surface area contributed by atoms with Gasteiger partial charge in [0.1, 0.15) is 0 Å². The average Bonchev–Trinajstić information content (AvgIpc) is 3.19. The zero-order chi connectivity index (χ0) is 27.2. The van der Waals surface area contributed by atoms with Crippen LogP contribution in [0.4, 0.5) is 0 Å². The van der Waals surface area contributed by atoms with Crippen LogP contribution in [0.25, 0.3) is 10.2 Å². The Balaban J connectivity index is 2.01. The van der Waals surface area contributed by atoms with Gasteiger partial charge in [0.25, 0.3) is 5.91 Å². The van der Waals surface area contributed by atoms with Crippen molar-refractivity contribution in [3.8, 4) is 0 Å². The summed E-state index contributed by atoms with van der Waals surface area (Å²) < 4.78 is 59.0. The number of amides is 1. The molecular formula is C25H29N3O6S3. The van der Waals surface area contributed by atoms with Crippen molar-refractivity contribution in [1.82, 2.24) is 8.87 Å². The van der Waals surface area contributed by atoms with Crippen molar-refractivity contribution in [3.63, 3.8) is 0 Å². The topological polar surface area (TPSA) is 115 Å². The second-order valence-corrected chi connectivity index (χ2v) is 12.9. The molecule has 1 aromatic heterocycles. The molecule has 0 aliphatic heterocycles. The summed E-state index contributed by atoms with van der Waals surface area (Å²) in [6, 6.07) is 10.3. The third kappa shape index (κ3) is 6.70. The fourth-order valence-corrected chi connectivity index (χ4v) is 6.71. The summed E-state index contributed by atoms with van der Waals surface area (Å²) >= 11 is 1.19. The lowest BCUT2D eigenvalue weighted by molar-refractivity contribution is 0.0996. The van der Waals surface area contributed by atoms with Gasteiger partial charge in [-0.15, -0.1) is 13.2 Å². The van der Waals surface area contributed by atoms with E-state index in [2.05, 4.69) is 18.2 Å². The van der Waals surface area contributed by atoms with Gasteiger partial charge < -0.3 is 9.30 Å². The quantitative estimate of drug-likeness (QED) is 0.247. The predicted molar refractivity (Wildman–Crippen MR) is 145 cm³/mol. The molecule has 37 heavy (non-hydrogen) atoms. The summed E-state index contributed by atoms with van der Waals surface area (Å²) in [5, 5.41) is 0. The number of ether oxygens (including phenoxy) is 1. The number of sulfone groups is 1. The monoisotopic (exact) mass is 563 g/mol. The summed E-state index contributed by atoms with van der Waals surface area (Å²) in [7, 11) is -7.20. The minimum Gasteiger partial charge on any atom is -0.380 e. The molecule has 198 valence electrons. The first-order chi connectivity index (χ1) is 17.5. The summed E-state index contributed by atoms with van der Waals surface area (Å²) in [6.45, 7) is 10.6. The van der Waals surface area contributed by atoms with Gasteiger partial charge in [0.05, 0.1) is 26.6 Å². The van der Waals surface area contributed by atoms with Gasteiger partial charge in [-0.25, -0.2) is 16.8 Å². The van der Waals surface area contributed by atoms with Crippen LogP contribution in [0, 0.1) is 0 Å². The average molecular weight is 564 g/mol. The lowest BCUT2D eigenvalue weighted by Gasteiger charge is -2.19. The van der Waals surface area contributed by atoms with E-state index >= 15 is 0 Å². The van der Waals surface area contributed by atoms with E-state index in [1.807, 2.05) is 6.92 Å². The third-order valence-electron chi connectivity index (χ3n) is 5.35. The molecule has 0 atom stereocenters. The van der Waals surface area contributed by atoms with Crippen LogP contribution >= 0.6 is 11.3 Å². The van der Waals surface area contributed by atoms with E-state index in [4.69, 9.17) is 4.74 Å². The number of thiazole rings is 1. The second kappa shape index (κ2) is 12.1. The summed E-state index contributed by atoms with van der Waals surface area (Å²) in [6.07, 6.45) is 4.11. The number of sulfonamides is 1. The van der Waals surface area contributed by atoms with Crippen LogP contribution < -0.4 is 4.80 Å². The number of nitrogens with zero attached hydrogens (tertiary/aromatic N) is 3. The smallest absolute Gasteiger partial charge is 0.279 e. The number of carbonyl (C=O) groups is 1. The highest BCUT2D eigenvalue weighted by Crippen LogP contribution is 2.22. The Bertz CT molecular complexity index is 1570. The number of rotatable bonds is 12. The fourth-order valence-electron chi connectivity index (χ4n) is 3.51. The summed E-state index contributed by atoms with van der Waals surface area (Å²) in [5.41, 5.74) is 0.943. The second-order valence-electron chi connectivity index (χ2n) is 7.98. The van der Waals surface area contributed by atoms with Crippen molar-refractivity contribution in [1.29, 1.82) is 0 Å². The zero-order valence-corrected chi connectivity index (χ0v) is 23.1. The minimum atomic E-state index is -3.80. The highest BCUT2D eigenvalue weighted by molar-refractivity contribution is 7.90. The number of hydrogen-bond donors (Lipinski definition) is 0. The van der Waals surface area contributed by atoms with Crippen LogP contribution in [0.1, 0.15) is 17.3 Å². The zero-order valence-electron chi connectivity index (χ0n) is 20.7. The minimum absolute atomic E-state index is 0.0368. The lowest BCUT2D eigenvalue weighted by atomic mass is 10.2. The van der Waals surface area contributed by atoms with Gasteiger partial charge in [-0.2, -0.15) is 9.30 Å². The summed E-state index contributed by atoms with van der Waals surface area (Å²) in [4.78, 5) is 17.9. The lowest BCUT2D eigenvalue weighted by Crippen LogP contribution is -2.31. The van der Waals surface area contributed by atoms with Gasteiger partial charge in [0, 0.05) is 38.1 Å². The first-order valence-corrected chi connectivity index (χ1v) is 15.5. The fraction of sp³-hybridized carbons (Fsp3) is 0.280. The Kier molecular flexibility index (Phi) is 9.37. The molecular weight excluding hydrogens is 534 g/mol. The van der Waals surface area contributed by atoms with Crippen LogP contribution in [0.5, 0.6) is 0 Å². The van der Waals surface area contributed by atoms with E-state index in [1.165, 1.54) is 58.1 Å². The largest absolute Gasteiger partial charge is 0.380 e. The normalized spacial score (nSPS) is 12.8. The molecule has 1 amide bonds. The van der Waals surface area contributed by atoms with E-state index in [0.717, 1.165) is 11.8 Å². The number of benzene rings is 2. The van der Waals surface area contributed by atoms with Gasteiger partial charge in [-0.3, -0.25) is 4.79 Å². The maximum absolute atomic E-state index is 13.0. The van der Waals surface area contributed by atoms with Gasteiger partial charge >= 0.3 is 0 Å². The molecule has 3 rings (SSSR count). The highest BCUT2D eigenvalue weighted by atomic mass is 32.2. The molecule has 0 aliphatic carbocycles. The van der Waals surface area contributed by atoms with Crippen molar-refractivity contribution >= 4 is 47.3 Å². The van der Waals surface area contributed by atoms with E-state index in [1.54, 1.807) is 16.7 Å². The Hall–Kier alpha value is -2.90. The molecule has 0 spiro atoms. The van der Waals surface area contributed by atoms with Gasteiger partial charge in [-0.05, 0) is 49.4 Å². The molecule has 3 aromatic rings. The van der Waals surface area contributed by atoms with Crippen LogP contribution in [0.15, 0.2) is 82.6 Å². The SMILES string of the molecule is C=CCN(CC=C)S(=O)(=O)c1ccc(C(=O)N=c2sc3cc(S(C)(=O)=O)ccc3n2CCOCC)cc1. The molecule has 9 nitrogen and oxygen atoms in total. The van der Waals surface area contributed by atoms with Crippen molar-refractivity contribution in [3.05, 3.63) is 78.1 Å². The summed E-state index contributed by atoms with van der Waals surface area (Å²) in [5.74, 6) is -0.557. The molecule has 0 saturated carbocycles. The predicted octanol–water partition coefficient (Wildman–Crippen LogP) is 3.25. The van der Waals surface area contributed by atoms with Crippen molar-refractivity contribution < 1.29 is 26.4 Å². The first kappa shape index (κ1) is 28.7. The van der Waals surface area contributed by atoms with E-state index in [9.17, 15) is 21.6 Å². The number of aromatic nitrogens is 1. The number of carbonyl (C=O) groups excluding carboxylic acids is 1. The molecule has 1 heterocycles. The molecule has 2 aromatic carbocycles. The van der Waals surface area contributed by atoms with Crippen LogP contribution in [-0.2, 0) is 31.1 Å². The van der Waals surface area contributed by atoms with Crippen molar-refractivity contribution in [2.45, 2.75) is 23.3 Å². The standard InChI is InChI=1S/C25H29N3O6S3/c1-5-14-27(15-6-2)37(32,33)20-10-8-19(9-11-20)24(29)26-25-28(16-17-34-7-3)22-13-12-21(36(4,30)31)18-23(22)35-25/h5-6,8-13,18H,1-2,7,14-17H2,3-4H3. The first-order valence-electron chi connectivity index (χ1n) is 11.3. The molecule has 0 radical (unpaired) electrons. The van der Waals surface area contributed by atoms with Crippen molar-refractivity contribution in [2.75, 3.05) is 32.6 Å². The number of fused-ring (bicyclic) bond motifs is 1. The Morgan fingerprint density at radius 3 is 2.24 bits per heavy atom. The van der Waals surface area contributed by atoms with Gasteiger partial charge in [0.15, 0.2) is 14.6 Å². The third-order valence-corrected chi connectivity index (χ3v) is 9.34. The Morgan fingerprint density at radius 2 is 1.68 bits per heavy atom. The maximum Gasteiger partial charge on any atom is 0.279 e. The van der Waals surface area contributed by atoms with E-state index < -0.39 is 25.8 Å². The molecule has 0 saturated heterocycles. The van der Waals surface area contributed by atoms with Crippen LogP contribution in [0.3, 0.4) is 0 Å². The van der Waals surface area contributed by atoms with Crippen LogP contribution in [0.2, 0.25) is 0 Å². The Labute approximate surface area is 221 Å². The van der Waals surface area contributed by atoms with E-state index in [0.29, 0.717) is 29.3 Å². The molecule has 12 heteroatoms. The van der Waals surface area contributed by atoms with Gasteiger partial charge in [0.2, 0.25) is 10.0 Å². The highest BCUT2D eigenvalue weighted by Gasteiger charge is 2.22. The van der Waals surface area contributed by atoms with Crippen molar-refractivity contribution in [2.24, 2.45) is 4.99 Å². The number of hydrogen-bond acceptors (Lipinski definition) is 7. The Morgan fingerprint density at radius 1 is 1.05 bits per heavy atom. The van der Waals surface area contributed by atoms with Crippen LogP contribution in [-0.4, -0.2) is 64.2 Å². The maximum atomic E-state index is 13.0. The molecule has 0 N–H and O–H groups in total. The molecule has 0 bridgehead atoms. The van der Waals surface area contributed by atoms with Gasteiger partial charge in [-0.1, -0.05) is 23.5 Å².